The van der Waals surface area contributed by atoms with Gasteiger partial charge in [-0.1, -0.05) is 12.1 Å². The molecule has 1 atom stereocenters. The van der Waals surface area contributed by atoms with Gasteiger partial charge in [-0.05, 0) is 32.9 Å². The van der Waals surface area contributed by atoms with E-state index in [1.807, 2.05) is 45.2 Å². The minimum atomic E-state index is -0.328. The number of benzene rings is 1. The molecule has 0 fully saturated rings. The minimum Gasteiger partial charge on any atom is -0.462 e. The van der Waals surface area contributed by atoms with Gasteiger partial charge in [0.25, 0.3) is 0 Å². The molecule has 9 heteroatoms. The minimum absolute atomic E-state index is 0.117. The number of carbonyl (C=O) groups excluding carboxylic acids is 1. The fourth-order valence-corrected chi connectivity index (χ4v) is 3.93. The topological polar surface area (TPSA) is 93.4 Å². The summed E-state index contributed by atoms with van der Waals surface area (Å²) >= 11 is 1.34. The lowest BCUT2D eigenvalue weighted by Crippen LogP contribution is -2.38. The lowest BCUT2D eigenvalue weighted by molar-refractivity contribution is 0.0531. The van der Waals surface area contributed by atoms with Crippen molar-refractivity contribution < 1.29 is 9.53 Å². The average molecular weight is 415 g/mol. The number of aliphatic imine (C=N–C) groups is 1. The van der Waals surface area contributed by atoms with Crippen molar-refractivity contribution in [3.63, 3.8) is 0 Å². The smallest absolute Gasteiger partial charge is 0.350 e. The number of esters is 1. The number of ether oxygens (including phenoxy) is 1. The standard InChI is InChI=1S/C20H26N6O2S/c1-6-28-19(27)17-12(2)23-18(29-17)13(3)24-20(21-4)22-11-16-25-14-9-7-8-10-15(14)26(16)5/h7-10,13H,6,11H2,1-5H3,(H2,21,22,24). The number of imidazole rings is 1. The summed E-state index contributed by atoms with van der Waals surface area (Å²) in [4.78, 5) is 26.0. The van der Waals surface area contributed by atoms with Crippen LogP contribution in [0.25, 0.3) is 11.0 Å². The fourth-order valence-electron chi connectivity index (χ4n) is 2.97. The maximum Gasteiger partial charge on any atom is 0.350 e. The van der Waals surface area contributed by atoms with E-state index in [2.05, 4.69) is 30.2 Å². The molecule has 2 heterocycles. The first-order valence-electron chi connectivity index (χ1n) is 9.46. The number of para-hydroxylation sites is 2. The number of fused-ring (bicyclic) bond motifs is 1. The van der Waals surface area contributed by atoms with E-state index in [0.717, 1.165) is 21.9 Å². The Balaban J connectivity index is 1.66. The van der Waals surface area contributed by atoms with Crippen LogP contribution in [-0.4, -0.2) is 40.1 Å². The molecule has 3 rings (SSSR count). The third-order valence-electron chi connectivity index (χ3n) is 4.51. The molecule has 0 amide bonds. The zero-order valence-electron chi connectivity index (χ0n) is 17.3. The Morgan fingerprint density at radius 3 is 2.79 bits per heavy atom. The largest absolute Gasteiger partial charge is 0.462 e. The summed E-state index contributed by atoms with van der Waals surface area (Å²) in [6.45, 7) is 6.47. The molecule has 0 saturated carbocycles. The van der Waals surface area contributed by atoms with Crippen molar-refractivity contribution in [3.05, 3.63) is 45.7 Å². The Labute approximate surface area is 174 Å². The number of aromatic nitrogens is 3. The molecule has 0 aliphatic heterocycles. The predicted molar refractivity (Wildman–Crippen MR) is 115 cm³/mol. The third kappa shape index (κ3) is 4.56. The Morgan fingerprint density at radius 2 is 2.10 bits per heavy atom. The van der Waals surface area contributed by atoms with Gasteiger partial charge in [0, 0.05) is 14.1 Å². The molecule has 3 aromatic rings. The molecular weight excluding hydrogens is 388 g/mol. The number of aryl methyl sites for hydroxylation is 2. The van der Waals surface area contributed by atoms with Gasteiger partial charge in [-0.3, -0.25) is 4.99 Å². The summed E-state index contributed by atoms with van der Waals surface area (Å²) in [7, 11) is 3.72. The first kappa shape index (κ1) is 20.8. The highest BCUT2D eigenvalue weighted by Crippen LogP contribution is 2.24. The van der Waals surface area contributed by atoms with Gasteiger partial charge >= 0.3 is 5.97 Å². The van der Waals surface area contributed by atoms with Crippen molar-refractivity contribution in [2.45, 2.75) is 33.4 Å². The van der Waals surface area contributed by atoms with Crippen LogP contribution in [0.4, 0.5) is 0 Å². The first-order valence-corrected chi connectivity index (χ1v) is 10.3. The Hall–Kier alpha value is -2.94. The second kappa shape index (κ2) is 9.04. The second-order valence-electron chi connectivity index (χ2n) is 6.55. The van der Waals surface area contributed by atoms with Crippen molar-refractivity contribution in [1.29, 1.82) is 0 Å². The molecule has 0 aliphatic rings. The lowest BCUT2D eigenvalue weighted by Gasteiger charge is -2.16. The van der Waals surface area contributed by atoms with Gasteiger partial charge in [0.15, 0.2) is 5.96 Å². The number of rotatable bonds is 6. The van der Waals surface area contributed by atoms with Gasteiger partial charge in [0.2, 0.25) is 0 Å². The van der Waals surface area contributed by atoms with Crippen LogP contribution >= 0.6 is 11.3 Å². The quantitative estimate of drug-likeness (QED) is 0.366. The molecule has 2 aromatic heterocycles. The second-order valence-corrected chi connectivity index (χ2v) is 7.59. The van der Waals surface area contributed by atoms with E-state index >= 15 is 0 Å². The van der Waals surface area contributed by atoms with E-state index < -0.39 is 0 Å². The number of guanidine groups is 1. The summed E-state index contributed by atoms with van der Waals surface area (Å²) < 4.78 is 7.16. The molecule has 0 aliphatic carbocycles. The molecule has 0 radical (unpaired) electrons. The monoisotopic (exact) mass is 414 g/mol. The van der Waals surface area contributed by atoms with Crippen molar-refractivity contribution in [1.82, 2.24) is 25.2 Å². The summed E-state index contributed by atoms with van der Waals surface area (Å²) in [5, 5.41) is 7.41. The highest BCUT2D eigenvalue weighted by Gasteiger charge is 2.20. The zero-order chi connectivity index (χ0) is 21.0. The molecule has 1 aromatic carbocycles. The van der Waals surface area contributed by atoms with Crippen LogP contribution < -0.4 is 10.6 Å². The summed E-state index contributed by atoms with van der Waals surface area (Å²) in [5.74, 6) is 1.22. The average Bonchev–Trinajstić information content (AvgIpc) is 3.26. The van der Waals surface area contributed by atoms with Gasteiger partial charge in [0.1, 0.15) is 15.7 Å². The number of hydrogen-bond donors (Lipinski definition) is 2. The highest BCUT2D eigenvalue weighted by molar-refractivity contribution is 7.13. The SMILES string of the molecule is CCOC(=O)c1sc(C(C)NC(=NC)NCc2nc3ccccc3n2C)nc1C. The first-order chi connectivity index (χ1) is 13.9. The number of nitrogens with one attached hydrogen (secondary N) is 2. The van der Waals surface area contributed by atoms with Crippen LogP contribution in [0.1, 0.15) is 46.1 Å². The maximum atomic E-state index is 12.0. The molecule has 29 heavy (non-hydrogen) atoms. The molecule has 154 valence electrons. The molecular formula is C20H26N6O2S. The van der Waals surface area contributed by atoms with Crippen LogP contribution in [0.3, 0.4) is 0 Å². The lowest BCUT2D eigenvalue weighted by atomic mass is 10.3. The Bertz CT molecular complexity index is 1040. The van der Waals surface area contributed by atoms with Crippen molar-refractivity contribution >= 4 is 34.3 Å². The zero-order valence-corrected chi connectivity index (χ0v) is 18.1. The number of nitrogens with zero attached hydrogens (tertiary/aromatic N) is 4. The molecule has 1 unspecified atom stereocenters. The molecule has 0 bridgehead atoms. The van der Waals surface area contributed by atoms with Gasteiger partial charge in [0.05, 0.1) is 35.9 Å². The maximum absolute atomic E-state index is 12.0. The van der Waals surface area contributed by atoms with Crippen LogP contribution in [-0.2, 0) is 18.3 Å². The highest BCUT2D eigenvalue weighted by atomic mass is 32.1. The van der Waals surface area contributed by atoms with Crippen molar-refractivity contribution in [2.24, 2.45) is 12.0 Å². The number of hydrogen-bond acceptors (Lipinski definition) is 6. The summed E-state index contributed by atoms with van der Waals surface area (Å²) in [5.41, 5.74) is 2.73. The van der Waals surface area contributed by atoms with Gasteiger partial charge in [-0.2, -0.15) is 0 Å². The van der Waals surface area contributed by atoms with E-state index in [9.17, 15) is 4.79 Å². The van der Waals surface area contributed by atoms with E-state index in [-0.39, 0.29) is 12.0 Å². The molecule has 2 N–H and O–H groups in total. The van der Waals surface area contributed by atoms with Crippen LogP contribution in [0.15, 0.2) is 29.3 Å². The Morgan fingerprint density at radius 1 is 1.34 bits per heavy atom. The fraction of sp³-hybridized carbons (Fsp3) is 0.400. The van der Waals surface area contributed by atoms with Gasteiger partial charge in [-0.25, -0.2) is 14.8 Å². The summed E-state index contributed by atoms with van der Waals surface area (Å²) in [6.07, 6.45) is 0. The number of carbonyl (C=O) groups is 1. The van der Waals surface area contributed by atoms with E-state index in [1.54, 1.807) is 14.0 Å². The van der Waals surface area contributed by atoms with Crippen LogP contribution in [0.5, 0.6) is 0 Å². The van der Waals surface area contributed by atoms with Gasteiger partial charge in [-0.15, -0.1) is 11.3 Å². The van der Waals surface area contributed by atoms with Gasteiger partial charge < -0.3 is 19.9 Å². The van der Waals surface area contributed by atoms with Crippen LogP contribution in [0.2, 0.25) is 0 Å². The molecule has 0 saturated heterocycles. The van der Waals surface area contributed by atoms with Crippen molar-refractivity contribution in [3.8, 4) is 0 Å². The Kier molecular flexibility index (Phi) is 6.48. The van der Waals surface area contributed by atoms with Crippen molar-refractivity contribution in [2.75, 3.05) is 13.7 Å². The summed E-state index contributed by atoms with van der Waals surface area (Å²) in [6, 6.07) is 7.92. The van der Waals surface area contributed by atoms with E-state index in [4.69, 9.17) is 4.74 Å². The third-order valence-corrected chi connectivity index (χ3v) is 5.84. The molecule has 8 nitrogen and oxygen atoms in total. The predicted octanol–water partition coefficient (Wildman–Crippen LogP) is 2.94. The normalized spacial score (nSPS) is 12.8. The van der Waals surface area contributed by atoms with E-state index in [0.29, 0.717) is 29.7 Å². The number of thiazole rings is 1. The van der Waals surface area contributed by atoms with Crippen LogP contribution in [0, 0.1) is 6.92 Å². The van der Waals surface area contributed by atoms with E-state index in [1.165, 1.54) is 11.3 Å². The molecule has 0 spiro atoms.